The smallest absolute Gasteiger partial charge is 0.242 e. The fourth-order valence-electron chi connectivity index (χ4n) is 1.64. The SMILES string of the molecule is CN(C)c1ccc(NC(=O)C2CSCN2)cc1. The van der Waals surface area contributed by atoms with Crippen LogP contribution in [0.5, 0.6) is 0 Å². The summed E-state index contributed by atoms with van der Waals surface area (Å²) >= 11 is 1.75. The summed E-state index contributed by atoms with van der Waals surface area (Å²) in [6, 6.07) is 7.78. The van der Waals surface area contributed by atoms with Crippen molar-refractivity contribution >= 4 is 29.0 Å². The van der Waals surface area contributed by atoms with Crippen LogP contribution >= 0.6 is 11.8 Å². The molecule has 0 saturated carbocycles. The first-order chi connectivity index (χ1) is 8.16. The highest BCUT2D eigenvalue weighted by Crippen LogP contribution is 2.17. The molecular formula is C12H17N3OS. The Morgan fingerprint density at radius 2 is 2.12 bits per heavy atom. The minimum atomic E-state index is -0.0616. The normalized spacial score (nSPS) is 19.1. The molecule has 1 heterocycles. The summed E-state index contributed by atoms with van der Waals surface area (Å²) in [4.78, 5) is 13.9. The van der Waals surface area contributed by atoms with Crippen LogP contribution in [0.15, 0.2) is 24.3 Å². The summed E-state index contributed by atoms with van der Waals surface area (Å²) in [6.07, 6.45) is 0. The molecule has 1 aromatic carbocycles. The minimum Gasteiger partial charge on any atom is -0.378 e. The average molecular weight is 251 g/mol. The Bertz CT molecular complexity index is 385. The Labute approximate surface area is 106 Å². The van der Waals surface area contributed by atoms with E-state index in [0.717, 1.165) is 23.0 Å². The fraction of sp³-hybridized carbons (Fsp3) is 0.417. The Hall–Kier alpha value is -1.20. The molecular weight excluding hydrogens is 234 g/mol. The van der Waals surface area contributed by atoms with Gasteiger partial charge in [-0.2, -0.15) is 0 Å². The van der Waals surface area contributed by atoms with Gasteiger partial charge in [-0.1, -0.05) is 0 Å². The molecule has 1 amide bonds. The monoisotopic (exact) mass is 251 g/mol. The molecule has 17 heavy (non-hydrogen) atoms. The van der Waals surface area contributed by atoms with Crippen molar-refractivity contribution in [2.45, 2.75) is 6.04 Å². The zero-order valence-electron chi connectivity index (χ0n) is 10.1. The number of nitrogens with one attached hydrogen (secondary N) is 2. The average Bonchev–Trinajstić information content (AvgIpc) is 2.83. The van der Waals surface area contributed by atoms with E-state index in [4.69, 9.17) is 0 Å². The van der Waals surface area contributed by atoms with Crippen molar-refractivity contribution in [2.75, 3.05) is 35.9 Å². The molecule has 2 N–H and O–H groups in total. The van der Waals surface area contributed by atoms with E-state index in [2.05, 4.69) is 10.6 Å². The topological polar surface area (TPSA) is 44.4 Å². The van der Waals surface area contributed by atoms with Crippen molar-refractivity contribution in [1.29, 1.82) is 0 Å². The van der Waals surface area contributed by atoms with Crippen LogP contribution in [-0.2, 0) is 4.79 Å². The van der Waals surface area contributed by atoms with Crippen molar-refractivity contribution in [3.8, 4) is 0 Å². The lowest BCUT2D eigenvalue weighted by Crippen LogP contribution is -2.37. The van der Waals surface area contributed by atoms with Crippen LogP contribution in [0.2, 0.25) is 0 Å². The first-order valence-electron chi connectivity index (χ1n) is 5.56. The van der Waals surface area contributed by atoms with E-state index in [0.29, 0.717) is 0 Å². The molecule has 1 aliphatic heterocycles. The van der Waals surface area contributed by atoms with Crippen molar-refractivity contribution in [2.24, 2.45) is 0 Å². The molecule has 92 valence electrons. The van der Waals surface area contributed by atoms with Gasteiger partial charge in [0.1, 0.15) is 0 Å². The van der Waals surface area contributed by atoms with E-state index in [9.17, 15) is 4.79 Å². The summed E-state index contributed by atoms with van der Waals surface area (Å²) in [5.74, 6) is 1.76. The number of rotatable bonds is 3. The highest BCUT2D eigenvalue weighted by Gasteiger charge is 2.22. The first-order valence-corrected chi connectivity index (χ1v) is 6.71. The Kier molecular flexibility index (Phi) is 3.91. The molecule has 1 atom stereocenters. The quantitative estimate of drug-likeness (QED) is 0.851. The number of carbonyl (C=O) groups excluding carboxylic acids is 1. The molecule has 0 aliphatic carbocycles. The van der Waals surface area contributed by atoms with Gasteiger partial charge in [0, 0.05) is 37.1 Å². The van der Waals surface area contributed by atoms with Gasteiger partial charge in [0.05, 0.1) is 6.04 Å². The maximum atomic E-state index is 11.8. The van der Waals surface area contributed by atoms with Crippen LogP contribution in [0, 0.1) is 0 Å². The van der Waals surface area contributed by atoms with Gasteiger partial charge in [-0.3, -0.25) is 10.1 Å². The van der Waals surface area contributed by atoms with Crippen LogP contribution < -0.4 is 15.5 Å². The van der Waals surface area contributed by atoms with Crippen LogP contribution in [0.4, 0.5) is 11.4 Å². The maximum absolute atomic E-state index is 11.8. The molecule has 5 heteroatoms. The standard InChI is InChI=1S/C12H17N3OS/c1-15(2)10-5-3-9(4-6-10)14-12(16)11-7-17-8-13-11/h3-6,11,13H,7-8H2,1-2H3,(H,14,16). The lowest BCUT2D eigenvalue weighted by Gasteiger charge is -2.14. The molecule has 0 bridgehead atoms. The number of hydrogen-bond donors (Lipinski definition) is 2. The van der Waals surface area contributed by atoms with Gasteiger partial charge in [-0.25, -0.2) is 0 Å². The second-order valence-electron chi connectivity index (χ2n) is 4.20. The summed E-state index contributed by atoms with van der Waals surface area (Å²) in [6.45, 7) is 0. The molecule has 1 aliphatic rings. The van der Waals surface area contributed by atoms with Gasteiger partial charge in [0.2, 0.25) is 5.91 Å². The molecule has 0 spiro atoms. The van der Waals surface area contributed by atoms with E-state index < -0.39 is 0 Å². The highest BCUT2D eigenvalue weighted by molar-refractivity contribution is 7.99. The third-order valence-electron chi connectivity index (χ3n) is 2.68. The van der Waals surface area contributed by atoms with Crippen LogP contribution in [0.3, 0.4) is 0 Å². The number of hydrogen-bond acceptors (Lipinski definition) is 4. The number of amides is 1. The Morgan fingerprint density at radius 1 is 1.41 bits per heavy atom. The van der Waals surface area contributed by atoms with Crippen LogP contribution in [-0.4, -0.2) is 37.7 Å². The fourth-order valence-corrected chi connectivity index (χ4v) is 2.58. The molecule has 1 aromatic rings. The van der Waals surface area contributed by atoms with Gasteiger partial charge in [-0.05, 0) is 24.3 Å². The summed E-state index contributed by atoms with van der Waals surface area (Å²) in [5.41, 5.74) is 1.97. The van der Waals surface area contributed by atoms with Crippen molar-refractivity contribution in [3.05, 3.63) is 24.3 Å². The van der Waals surface area contributed by atoms with Gasteiger partial charge in [0.25, 0.3) is 0 Å². The third kappa shape index (κ3) is 3.14. The predicted octanol–water partition coefficient (Wildman–Crippen LogP) is 1.35. The van der Waals surface area contributed by atoms with Crippen molar-refractivity contribution < 1.29 is 4.79 Å². The molecule has 2 rings (SSSR count). The number of carbonyl (C=O) groups is 1. The molecule has 1 saturated heterocycles. The number of anilines is 2. The summed E-state index contributed by atoms with van der Waals surface area (Å²) in [5, 5.41) is 6.07. The van der Waals surface area contributed by atoms with Gasteiger partial charge in [-0.15, -0.1) is 11.8 Å². The number of benzene rings is 1. The Balaban J connectivity index is 1.96. The van der Waals surface area contributed by atoms with Crippen molar-refractivity contribution in [3.63, 3.8) is 0 Å². The van der Waals surface area contributed by atoms with Gasteiger partial charge < -0.3 is 10.2 Å². The molecule has 1 fully saturated rings. The lowest BCUT2D eigenvalue weighted by atomic mass is 10.2. The second kappa shape index (κ2) is 5.42. The van der Waals surface area contributed by atoms with E-state index in [1.807, 2.05) is 43.3 Å². The van der Waals surface area contributed by atoms with E-state index in [-0.39, 0.29) is 11.9 Å². The maximum Gasteiger partial charge on any atom is 0.242 e. The minimum absolute atomic E-state index is 0.0487. The lowest BCUT2D eigenvalue weighted by molar-refractivity contribution is -0.117. The molecule has 0 radical (unpaired) electrons. The van der Waals surface area contributed by atoms with E-state index >= 15 is 0 Å². The zero-order chi connectivity index (χ0) is 12.3. The summed E-state index contributed by atoms with van der Waals surface area (Å²) < 4.78 is 0. The van der Waals surface area contributed by atoms with Crippen LogP contribution in [0.25, 0.3) is 0 Å². The third-order valence-corrected chi connectivity index (χ3v) is 3.62. The second-order valence-corrected chi connectivity index (χ2v) is 5.23. The first kappa shape index (κ1) is 12.3. The predicted molar refractivity (Wildman–Crippen MR) is 73.6 cm³/mol. The highest BCUT2D eigenvalue weighted by atomic mass is 32.2. The van der Waals surface area contributed by atoms with E-state index in [1.165, 1.54) is 0 Å². The van der Waals surface area contributed by atoms with Crippen molar-refractivity contribution in [1.82, 2.24) is 5.32 Å². The molecule has 1 unspecified atom stereocenters. The summed E-state index contributed by atoms with van der Waals surface area (Å²) in [7, 11) is 3.99. The molecule has 0 aromatic heterocycles. The van der Waals surface area contributed by atoms with E-state index in [1.54, 1.807) is 11.8 Å². The van der Waals surface area contributed by atoms with Gasteiger partial charge >= 0.3 is 0 Å². The molecule has 4 nitrogen and oxygen atoms in total. The number of nitrogens with zero attached hydrogens (tertiary/aromatic N) is 1. The zero-order valence-corrected chi connectivity index (χ0v) is 10.9. The largest absolute Gasteiger partial charge is 0.378 e. The van der Waals surface area contributed by atoms with Gasteiger partial charge in [0.15, 0.2) is 0 Å². The number of thioether (sulfide) groups is 1. The van der Waals surface area contributed by atoms with Crippen LogP contribution in [0.1, 0.15) is 0 Å². The Morgan fingerprint density at radius 3 is 2.65 bits per heavy atom.